The van der Waals surface area contributed by atoms with E-state index in [0.717, 1.165) is 11.1 Å². The van der Waals surface area contributed by atoms with Crippen molar-refractivity contribution < 1.29 is 18.7 Å². The fourth-order valence-electron chi connectivity index (χ4n) is 2.51. The molecule has 0 aliphatic rings. The van der Waals surface area contributed by atoms with Crippen LogP contribution in [0.1, 0.15) is 18.1 Å². The van der Waals surface area contributed by atoms with Crippen LogP contribution in [0, 0.1) is 5.82 Å². The third-order valence-corrected chi connectivity index (χ3v) is 4.48. The molecule has 6 nitrogen and oxygen atoms in total. The Hall–Kier alpha value is -3.71. The summed E-state index contributed by atoms with van der Waals surface area (Å²) in [5.74, 6) is -1.61. The SMILES string of the molecule is CC(=NNC(=O)C(=O)Nc1ccc(F)cc1)c1ccc(OCc2ccc(Cl)cc2)cc1. The summed E-state index contributed by atoms with van der Waals surface area (Å²) in [5, 5.41) is 6.97. The fraction of sp³-hybridized carbons (Fsp3) is 0.0870. The number of anilines is 1. The van der Waals surface area contributed by atoms with Gasteiger partial charge in [-0.3, -0.25) is 9.59 Å². The number of hydrogen-bond donors (Lipinski definition) is 2. The highest BCUT2D eigenvalue weighted by Crippen LogP contribution is 2.16. The number of hydrogen-bond acceptors (Lipinski definition) is 4. The third-order valence-electron chi connectivity index (χ3n) is 4.22. The first-order chi connectivity index (χ1) is 14.9. The molecule has 0 spiro atoms. The monoisotopic (exact) mass is 439 g/mol. The minimum absolute atomic E-state index is 0.302. The molecule has 2 amide bonds. The van der Waals surface area contributed by atoms with Gasteiger partial charge in [-0.15, -0.1) is 0 Å². The molecule has 0 atom stereocenters. The molecule has 8 heteroatoms. The van der Waals surface area contributed by atoms with Gasteiger partial charge < -0.3 is 10.1 Å². The van der Waals surface area contributed by atoms with Gasteiger partial charge in [-0.1, -0.05) is 23.7 Å². The highest BCUT2D eigenvalue weighted by molar-refractivity contribution is 6.39. The zero-order valence-electron chi connectivity index (χ0n) is 16.6. The van der Waals surface area contributed by atoms with Crippen molar-refractivity contribution in [1.29, 1.82) is 0 Å². The van der Waals surface area contributed by atoms with Crippen molar-refractivity contribution in [3.8, 4) is 5.75 Å². The Morgan fingerprint density at radius 3 is 2.23 bits per heavy atom. The number of nitrogens with zero attached hydrogens (tertiary/aromatic N) is 1. The van der Waals surface area contributed by atoms with Gasteiger partial charge in [0.1, 0.15) is 18.2 Å². The maximum absolute atomic E-state index is 12.9. The van der Waals surface area contributed by atoms with Gasteiger partial charge in [0, 0.05) is 10.7 Å². The largest absolute Gasteiger partial charge is 0.489 e. The Morgan fingerprint density at radius 2 is 1.58 bits per heavy atom. The van der Waals surface area contributed by atoms with Crippen LogP contribution in [0.25, 0.3) is 0 Å². The summed E-state index contributed by atoms with van der Waals surface area (Å²) < 4.78 is 18.6. The Balaban J connectivity index is 1.52. The first-order valence-corrected chi connectivity index (χ1v) is 9.67. The molecule has 158 valence electrons. The van der Waals surface area contributed by atoms with Crippen molar-refractivity contribution in [3.63, 3.8) is 0 Å². The molecule has 0 saturated heterocycles. The van der Waals surface area contributed by atoms with Crippen LogP contribution in [-0.4, -0.2) is 17.5 Å². The number of amides is 2. The van der Waals surface area contributed by atoms with Gasteiger partial charge in [-0.25, -0.2) is 9.82 Å². The Bertz CT molecular complexity index is 1080. The standard InChI is InChI=1S/C23H19ClFN3O3/c1-15(27-28-23(30)22(29)26-20-10-8-19(25)9-11-20)17-4-12-21(13-5-17)31-14-16-2-6-18(24)7-3-16/h2-13H,14H2,1H3,(H,26,29)(H,28,30). The third kappa shape index (κ3) is 6.65. The number of benzene rings is 3. The van der Waals surface area contributed by atoms with E-state index in [-0.39, 0.29) is 0 Å². The molecule has 0 bridgehead atoms. The van der Waals surface area contributed by atoms with Gasteiger partial charge in [0.2, 0.25) is 0 Å². The van der Waals surface area contributed by atoms with Crippen molar-refractivity contribution >= 4 is 34.8 Å². The number of ether oxygens (including phenoxy) is 1. The lowest BCUT2D eigenvalue weighted by Gasteiger charge is -2.08. The van der Waals surface area contributed by atoms with E-state index in [4.69, 9.17) is 16.3 Å². The van der Waals surface area contributed by atoms with Gasteiger partial charge in [0.05, 0.1) is 5.71 Å². The fourth-order valence-corrected chi connectivity index (χ4v) is 2.64. The second-order valence-electron chi connectivity index (χ2n) is 6.54. The highest BCUT2D eigenvalue weighted by Gasteiger charge is 2.13. The highest BCUT2D eigenvalue weighted by atomic mass is 35.5. The molecule has 0 unspecified atom stereocenters. The summed E-state index contributed by atoms with van der Waals surface area (Å²) in [6.45, 7) is 2.10. The molecule has 0 fully saturated rings. The lowest BCUT2D eigenvalue weighted by molar-refractivity contribution is -0.136. The average molecular weight is 440 g/mol. The van der Waals surface area contributed by atoms with Crippen molar-refractivity contribution in [2.75, 3.05) is 5.32 Å². The van der Waals surface area contributed by atoms with Gasteiger partial charge in [-0.05, 0) is 78.7 Å². The molecule has 2 N–H and O–H groups in total. The van der Waals surface area contributed by atoms with Gasteiger partial charge in [0.25, 0.3) is 0 Å². The van der Waals surface area contributed by atoms with Gasteiger partial charge >= 0.3 is 11.8 Å². The van der Waals surface area contributed by atoms with Crippen LogP contribution in [0.5, 0.6) is 5.75 Å². The molecule has 3 aromatic rings. The first-order valence-electron chi connectivity index (χ1n) is 9.29. The summed E-state index contributed by atoms with van der Waals surface area (Å²) in [5.41, 5.74) is 4.75. The van der Waals surface area contributed by atoms with Crippen molar-refractivity contribution in [2.45, 2.75) is 13.5 Å². The van der Waals surface area contributed by atoms with E-state index in [1.165, 1.54) is 24.3 Å². The van der Waals surface area contributed by atoms with E-state index in [2.05, 4.69) is 15.8 Å². The summed E-state index contributed by atoms with van der Waals surface area (Å²) in [4.78, 5) is 23.8. The van der Waals surface area contributed by atoms with E-state index in [1.807, 2.05) is 12.1 Å². The van der Waals surface area contributed by atoms with E-state index >= 15 is 0 Å². The van der Waals surface area contributed by atoms with Crippen molar-refractivity contribution in [2.24, 2.45) is 5.10 Å². The van der Waals surface area contributed by atoms with Crippen LogP contribution >= 0.6 is 11.6 Å². The molecule has 0 aliphatic carbocycles. The second-order valence-corrected chi connectivity index (χ2v) is 6.98. The van der Waals surface area contributed by atoms with Crippen LogP contribution in [0.15, 0.2) is 77.9 Å². The summed E-state index contributed by atoms with van der Waals surface area (Å²) in [6, 6.07) is 19.6. The predicted octanol–water partition coefficient (Wildman–Crippen LogP) is 4.54. The average Bonchev–Trinajstić information content (AvgIpc) is 2.78. The second kappa shape index (κ2) is 10.4. The van der Waals surface area contributed by atoms with E-state index in [1.54, 1.807) is 43.3 Å². The Morgan fingerprint density at radius 1 is 0.935 bits per heavy atom. The van der Waals surface area contributed by atoms with Gasteiger partial charge in [0.15, 0.2) is 0 Å². The van der Waals surface area contributed by atoms with Crippen LogP contribution in [0.3, 0.4) is 0 Å². The minimum Gasteiger partial charge on any atom is -0.489 e. The minimum atomic E-state index is -0.938. The molecule has 0 heterocycles. The van der Waals surface area contributed by atoms with Crippen LogP contribution in [-0.2, 0) is 16.2 Å². The molecule has 3 rings (SSSR count). The lowest BCUT2D eigenvalue weighted by Crippen LogP contribution is -2.32. The van der Waals surface area contributed by atoms with Gasteiger partial charge in [-0.2, -0.15) is 5.10 Å². The molecule has 3 aromatic carbocycles. The zero-order valence-corrected chi connectivity index (χ0v) is 17.3. The number of hydrazone groups is 1. The van der Waals surface area contributed by atoms with Crippen LogP contribution < -0.4 is 15.5 Å². The smallest absolute Gasteiger partial charge is 0.329 e. The van der Waals surface area contributed by atoms with E-state index in [9.17, 15) is 14.0 Å². The summed E-state index contributed by atoms with van der Waals surface area (Å²) >= 11 is 5.87. The number of carbonyl (C=O) groups excluding carboxylic acids is 2. The normalized spacial score (nSPS) is 11.0. The summed E-state index contributed by atoms with van der Waals surface area (Å²) in [6.07, 6.45) is 0. The van der Waals surface area contributed by atoms with Crippen molar-refractivity contribution in [1.82, 2.24) is 5.43 Å². The topological polar surface area (TPSA) is 79.8 Å². The molecule has 0 saturated carbocycles. The molecule has 0 aromatic heterocycles. The molecular weight excluding hydrogens is 421 g/mol. The Kier molecular flexibility index (Phi) is 7.35. The Labute approximate surface area is 183 Å². The first kappa shape index (κ1) is 22.0. The molecular formula is C23H19ClFN3O3. The number of nitrogens with one attached hydrogen (secondary N) is 2. The van der Waals surface area contributed by atoms with Crippen LogP contribution in [0.4, 0.5) is 10.1 Å². The number of rotatable bonds is 6. The number of halogens is 2. The predicted molar refractivity (Wildman–Crippen MR) is 118 cm³/mol. The summed E-state index contributed by atoms with van der Waals surface area (Å²) in [7, 11) is 0. The van der Waals surface area contributed by atoms with E-state index in [0.29, 0.717) is 28.8 Å². The maximum Gasteiger partial charge on any atom is 0.329 e. The van der Waals surface area contributed by atoms with Crippen LogP contribution in [0.2, 0.25) is 5.02 Å². The van der Waals surface area contributed by atoms with Crippen molar-refractivity contribution in [3.05, 3.63) is 94.8 Å². The quantitative estimate of drug-likeness (QED) is 0.336. The maximum atomic E-state index is 12.9. The molecule has 0 radical (unpaired) electrons. The molecule has 31 heavy (non-hydrogen) atoms. The zero-order chi connectivity index (χ0) is 22.2. The number of carbonyl (C=O) groups is 2. The lowest BCUT2D eigenvalue weighted by atomic mass is 10.1. The van der Waals surface area contributed by atoms with E-state index < -0.39 is 17.6 Å². The molecule has 0 aliphatic heterocycles.